The van der Waals surface area contributed by atoms with Crippen LogP contribution in [0.25, 0.3) is 0 Å². The molecule has 0 aliphatic carbocycles. The second-order valence-corrected chi connectivity index (χ2v) is 5.23. The monoisotopic (exact) mass is 229 g/mol. The highest BCUT2D eigenvalue weighted by molar-refractivity contribution is 5.62. The normalized spacial score (nSPS) is 24.4. The SMILES string of the molecule is CC1CC(C)CN(c2ccc(N)c(C#N)c2)C1. The molecular weight excluding hydrogens is 210 g/mol. The molecule has 0 amide bonds. The molecule has 2 rings (SSSR count). The van der Waals surface area contributed by atoms with E-state index in [1.807, 2.05) is 18.2 Å². The lowest BCUT2D eigenvalue weighted by molar-refractivity contribution is 0.357. The first-order chi connectivity index (χ1) is 8.10. The molecule has 1 saturated heterocycles. The zero-order chi connectivity index (χ0) is 12.4. The summed E-state index contributed by atoms with van der Waals surface area (Å²) in [5, 5.41) is 9.00. The van der Waals surface area contributed by atoms with Crippen molar-refractivity contribution in [2.45, 2.75) is 20.3 Å². The molecule has 0 radical (unpaired) electrons. The minimum absolute atomic E-state index is 0.564. The second kappa shape index (κ2) is 4.67. The molecule has 2 unspecified atom stereocenters. The van der Waals surface area contributed by atoms with Gasteiger partial charge >= 0.3 is 0 Å². The molecule has 1 heterocycles. The molecule has 1 aliphatic rings. The molecule has 1 aromatic carbocycles. The van der Waals surface area contributed by atoms with Crippen LogP contribution in [0.4, 0.5) is 11.4 Å². The van der Waals surface area contributed by atoms with E-state index in [-0.39, 0.29) is 0 Å². The molecular formula is C14H19N3. The number of nitrogen functional groups attached to an aromatic ring is 1. The zero-order valence-corrected chi connectivity index (χ0v) is 10.5. The summed E-state index contributed by atoms with van der Waals surface area (Å²) in [5.41, 5.74) is 8.00. The molecule has 1 aliphatic heterocycles. The molecule has 90 valence electrons. The van der Waals surface area contributed by atoms with E-state index in [0.29, 0.717) is 23.1 Å². The van der Waals surface area contributed by atoms with Crippen molar-refractivity contribution in [2.24, 2.45) is 11.8 Å². The summed E-state index contributed by atoms with van der Waals surface area (Å²) in [5.74, 6) is 1.42. The van der Waals surface area contributed by atoms with Crippen LogP contribution in [0.15, 0.2) is 18.2 Å². The van der Waals surface area contributed by atoms with Gasteiger partial charge in [-0.3, -0.25) is 0 Å². The molecule has 2 N–H and O–H groups in total. The molecule has 0 spiro atoms. The van der Waals surface area contributed by atoms with E-state index in [9.17, 15) is 0 Å². The van der Waals surface area contributed by atoms with Gasteiger partial charge in [0.2, 0.25) is 0 Å². The maximum Gasteiger partial charge on any atom is 0.101 e. The quantitative estimate of drug-likeness (QED) is 0.753. The van der Waals surface area contributed by atoms with E-state index >= 15 is 0 Å². The molecule has 2 atom stereocenters. The molecule has 0 aromatic heterocycles. The van der Waals surface area contributed by atoms with Gasteiger partial charge in [-0.25, -0.2) is 0 Å². The van der Waals surface area contributed by atoms with Crippen molar-refractivity contribution in [1.29, 1.82) is 5.26 Å². The first-order valence-electron chi connectivity index (χ1n) is 6.14. The van der Waals surface area contributed by atoms with Crippen LogP contribution in [0.3, 0.4) is 0 Å². The predicted molar refractivity (Wildman–Crippen MR) is 70.7 cm³/mol. The molecule has 17 heavy (non-hydrogen) atoms. The van der Waals surface area contributed by atoms with Crippen LogP contribution in [0.5, 0.6) is 0 Å². The van der Waals surface area contributed by atoms with Crippen molar-refractivity contribution in [3.05, 3.63) is 23.8 Å². The molecule has 0 bridgehead atoms. The zero-order valence-electron chi connectivity index (χ0n) is 10.5. The minimum Gasteiger partial charge on any atom is -0.398 e. The Hall–Kier alpha value is -1.69. The highest BCUT2D eigenvalue weighted by atomic mass is 15.1. The lowest BCUT2D eigenvalue weighted by Crippen LogP contribution is -2.38. The number of benzene rings is 1. The second-order valence-electron chi connectivity index (χ2n) is 5.23. The van der Waals surface area contributed by atoms with Crippen LogP contribution in [-0.4, -0.2) is 13.1 Å². The number of hydrogen-bond acceptors (Lipinski definition) is 3. The lowest BCUT2D eigenvalue weighted by Gasteiger charge is -2.36. The Balaban J connectivity index is 2.25. The van der Waals surface area contributed by atoms with Crippen molar-refractivity contribution < 1.29 is 0 Å². The van der Waals surface area contributed by atoms with Gasteiger partial charge in [-0.05, 0) is 36.5 Å². The van der Waals surface area contributed by atoms with Crippen LogP contribution >= 0.6 is 0 Å². The summed E-state index contributed by atoms with van der Waals surface area (Å²) in [6.07, 6.45) is 1.29. The largest absolute Gasteiger partial charge is 0.398 e. The molecule has 1 aromatic rings. The van der Waals surface area contributed by atoms with Gasteiger partial charge in [0, 0.05) is 24.5 Å². The fraction of sp³-hybridized carbons (Fsp3) is 0.500. The Morgan fingerprint density at radius 3 is 2.53 bits per heavy atom. The average Bonchev–Trinajstić information content (AvgIpc) is 2.28. The van der Waals surface area contributed by atoms with Crippen LogP contribution in [0.1, 0.15) is 25.8 Å². The third-order valence-electron chi connectivity index (χ3n) is 3.39. The molecule has 0 saturated carbocycles. The highest BCUT2D eigenvalue weighted by Crippen LogP contribution is 2.28. The molecule has 3 heteroatoms. The van der Waals surface area contributed by atoms with Crippen LogP contribution < -0.4 is 10.6 Å². The van der Waals surface area contributed by atoms with Crippen LogP contribution in [0.2, 0.25) is 0 Å². The molecule has 1 fully saturated rings. The summed E-state index contributed by atoms with van der Waals surface area (Å²) in [7, 11) is 0. The van der Waals surface area contributed by atoms with Crippen LogP contribution in [-0.2, 0) is 0 Å². The maximum atomic E-state index is 9.00. The van der Waals surface area contributed by atoms with E-state index in [4.69, 9.17) is 11.0 Å². The van der Waals surface area contributed by atoms with Gasteiger partial charge in [-0.1, -0.05) is 13.8 Å². The highest BCUT2D eigenvalue weighted by Gasteiger charge is 2.22. The first kappa shape index (κ1) is 11.8. The number of piperidine rings is 1. The number of rotatable bonds is 1. The number of nitrogens with zero attached hydrogens (tertiary/aromatic N) is 2. The fourth-order valence-electron chi connectivity index (χ4n) is 2.71. The smallest absolute Gasteiger partial charge is 0.101 e. The summed E-state index contributed by atoms with van der Waals surface area (Å²) in [6, 6.07) is 7.89. The van der Waals surface area contributed by atoms with Gasteiger partial charge in [0.15, 0.2) is 0 Å². The average molecular weight is 229 g/mol. The Labute approximate surface area is 103 Å². The predicted octanol–water partition coefficient (Wildman–Crippen LogP) is 2.62. The van der Waals surface area contributed by atoms with Crippen LogP contribution in [0, 0.1) is 23.2 Å². The van der Waals surface area contributed by atoms with E-state index in [2.05, 4.69) is 24.8 Å². The fourth-order valence-corrected chi connectivity index (χ4v) is 2.71. The first-order valence-corrected chi connectivity index (χ1v) is 6.14. The van der Waals surface area contributed by atoms with Crippen molar-refractivity contribution >= 4 is 11.4 Å². The summed E-state index contributed by atoms with van der Waals surface area (Å²) < 4.78 is 0. The number of nitrogens with two attached hydrogens (primary N) is 1. The Morgan fingerprint density at radius 2 is 1.94 bits per heavy atom. The Kier molecular flexibility index (Phi) is 3.23. The number of anilines is 2. The van der Waals surface area contributed by atoms with E-state index < -0.39 is 0 Å². The van der Waals surface area contributed by atoms with E-state index in [0.717, 1.165) is 18.8 Å². The number of hydrogen-bond donors (Lipinski definition) is 1. The number of nitriles is 1. The topological polar surface area (TPSA) is 53.0 Å². The Bertz CT molecular complexity index is 437. The lowest BCUT2D eigenvalue weighted by atomic mass is 9.91. The van der Waals surface area contributed by atoms with Crippen molar-refractivity contribution in [2.75, 3.05) is 23.7 Å². The van der Waals surface area contributed by atoms with Gasteiger partial charge in [0.25, 0.3) is 0 Å². The third kappa shape index (κ3) is 2.52. The molecule has 3 nitrogen and oxygen atoms in total. The van der Waals surface area contributed by atoms with Crippen molar-refractivity contribution in [3.8, 4) is 6.07 Å². The van der Waals surface area contributed by atoms with Crippen molar-refractivity contribution in [3.63, 3.8) is 0 Å². The van der Waals surface area contributed by atoms with Gasteiger partial charge < -0.3 is 10.6 Å². The van der Waals surface area contributed by atoms with E-state index in [1.165, 1.54) is 6.42 Å². The van der Waals surface area contributed by atoms with Gasteiger partial charge in [0.1, 0.15) is 6.07 Å². The maximum absolute atomic E-state index is 9.00. The van der Waals surface area contributed by atoms with Gasteiger partial charge in [-0.15, -0.1) is 0 Å². The van der Waals surface area contributed by atoms with Gasteiger partial charge in [0.05, 0.1) is 5.56 Å². The third-order valence-corrected chi connectivity index (χ3v) is 3.39. The summed E-state index contributed by atoms with van der Waals surface area (Å²) >= 11 is 0. The van der Waals surface area contributed by atoms with Crippen molar-refractivity contribution in [1.82, 2.24) is 0 Å². The minimum atomic E-state index is 0.564. The standard InChI is InChI=1S/C14H19N3/c1-10-5-11(2)9-17(8-10)13-3-4-14(16)12(6-13)7-15/h3-4,6,10-11H,5,8-9,16H2,1-2H3. The Morgan fingerprint density at radius 1 is 1.29 bits per heavy atom. The van der Waals surface area contributed by atoms with Gasteiger partial charge in [-0.2, -0.15) is 5.26 Å². The summed E-state index contributed by atoms with van der Waals surface area (Å²) in [6.45, 7) is 6.70. The van der Waals surface area contributed by atoms with E-state index in [1.54, 1.807) is 0 Å². The summed E-state index contributed by atoms with van der Waals surface area (Å²) in [4.78, 5) is 2.36.